The first-order valence-corrected chi connectivity index (χ1v) is 7.57. The fourth-order valence-electron chi connectivity index (χ4n) is 1.94. The summed E-state index contributed by atoms with van der Waals surface area (Å²) in [6.07, 6.45) is 3.05. The van der Waals surface area contributed by atoms with Crippen LogP contribution in [0.25, 0.3) is 0 Å². The lowest BCUT2D eigenvalue weighted by Crippen LogP contribution is -2.25. The monoisotopic (exact) mass is 273 g/mol. The van der Waals surface area contributed by atoms with Crippen LogP contribution in [0.3, 0.4) is 0 Å². The first kappa shape index (κ1) is 13.8. The molecule has 2 nitrogen and oxygen atoms in total. The quantitative estimate of drug-likeness (QED) is 0.854. The first-order chi connectivity index (χ1) is 9.29. The van der Waals surface area contributed by atoms with Crippen LogP contribution in [0, 0.1) is 0 Å². The Balaban J connectivity index is 1.80. The van der Waals surface area contributed by atoms with Gasteiger partial charge in [0.25, 0.3) is 5.91 Å². The summed E-state index contributed by atoms with van der Waals surface area (Å²) < 4.78 is 0. The van der Waals surface area contributed by atoms with Gasteiger partial charge in [0, 0.05) is 16.8 Å². The van der Waals surface area contributed by atoms with E-state index in [0.717, 1.165) is 24.8 Å². The highest BCUT2D eigenvalue weighted by Gasteiger charge is 2.07. The van der Waals surface area contributed by atoms with Crippen molar-refractivity contribution in [2.24, 2.45) is 0 Å². The lowest BCUT2D eigenvalue weighted by atomic mass is 10.1. The molecule has 0 fully saturated rings. The van der Waals surface area contributed by atoms with E-state index in [4.69, 9.17) is 0 Å². The average molecular weight is 273 g/mol. The van der Waals surface area contributed by atoms with E-state index in [1.54, 1.807) is 11.3 Å². The Labute approximate surface area is 118 Å². The molecule has 1 N–H and O–H groups in total. The van der Waals surface area contributed by atoms with Gasteiger partial charge in [-0.3, -0.25) is 4.79 Å². The fraction of sp³-hybridized carbons (Fsp3) is 0.312. The number of carbonyl (C=O) groups excluding carboxylic acids is 1. The molecular formula is C16H19NOS. The highest BCUT2D eigenvalue weighted by molar-refractivity contribution is 7.10. The molecule has 0 radical (unpaired) electrons. The summed E-state index contributed by atoms with van der Waals surface area (Å²) in [6, 6.07) is 12.2. The molecule has 2 rings (SSSR count). The zero-order chi connectivity index (χ0) is 13.5. The number of nitrogens with one attached hydrogen (secondary N) is 1. The summed E-state index contributed by atoms with van der Waals surface area (Å²) in [5.41, 5.74) is 2.04. The second-order valence-electron chi connectivity index (χ2n) is 4.54. The zero-order valence-corrected chi connectivity index (χ0v) is 12.0. The van der Waals surface area contributed by atoms with Crippen LogP contribution < -0.4 is 5.32 Å². The van der Waals surface area contributed by atoms with Crippen LogP contribution in [0.4, 0.5) is 0 Å². The minimum Gasteiger partial charge on any atom is -0.352 e. The normalized spacial score (nSPS) is 10.4. The van der Waals surface area contributed by atoms with Crippen LogP contribution in [0.15, 0.2) is 41.8 Å². The molecule has 1 heterocycles. The maximum absolute atomic E-state index is 11.9. The number of benzene rings is 1. The smallest absolute Gasteiger partial charge is 0.252 e. The molecule has 0 saturated heterocycles. The van der Waals surface area contributed by atoms with Crippen molar-refractivity contribution >= 4 is 17.2 Å². The lowest BCUT2D eigenvalue weighted by molar-refractivity contribution is 0.0954. The third-order valence-corrected chi connectivity index (χ3v) is 3.95. The third-order valence-electron chi connectivity index (χ3n) is 2.95. The van der Waals surface area contributed by atoms with Crippen molar-refractivity contribution < 1.29 is 4.79 Å². The Hall–Kier alpha value is -1.61. The van der Waals surface area contributed by atoms with Crippen molar-refractivity contribution in [3.63, 3.8) is 0 Å². The molecule has 0 aliphatic heterocycles. The molecule has 0 aliphatic rings. The Kier molecular flexibility index (Phi) is 5.16. The molecule has 0 saturated carbocycles. The van der Waals surface area contributed by atoms with Gasteiger partial charge >= 0.3 is 0 Å². The number of hydrogen-bond acceptors (Lipinski definition) is 2. The topological polar surface area (TPSA) is 29.1 Å². The first-order valence-electron chi connectivity index (χ1n) is 6.69. The Morgan fingerprint density at radius 2 is 2.00 bits per heavy atom. The summed E-state index contributed by atoms with van der Waals surface area (Å²) in [7, 11) is 0. The maximum atomic E-state index is 11.9. The lowest BCUT2D eigenvalue weighted by Gasteiger charge is -2.03. The molecule has 0 bridgehead atoms. The predicted molar refractivity (Wildman–Crippen MR) is 80.8 cm³/mol. The maximum Gasteiger partial charge on any atom is 0.252 e. The SMILES string of the molecule is CCCc1cc(C(=O)NCCc2ccccc2)cs1. The van der Waals surface area contributed by atoms with E-state index < -0.39 is 0 Å². The molecule has 3 heteroatoms. The van der Waals surface area contributed by atoms with Gasteiger partial charge in [-0.1, -0.05) is 43.7 Å². The van der Waals surface area contributed by atoms with E-state index in [1.807, 2.05) is 29.6 Å². The van der Waals surface area contributed by atoms with Gasteiger partial charge < -0.3 is 5.32 Å². The molecule has 100 valence electrons. The molecule has 0 spiro atoms. The van der Waals surface area contributed by atoms with E-state index in [9.17, 15) is 4.79 Å². The highest BCUT2D eigenvalue weighted by atomic mass is 32.1. The molecule has 2 aromatic rings. The van der Waals surface area contributed by atoms with Gasteiger partial charge in [-0.25, -0.2) is 0 Å². The third kappa shape index (κ3) is 4.21. The van der Waals surface area contributed by atoms with Crippen molar-refractivity contribution in [1.82, 2.24) is 5.32 Å². The summed E-state index contributed by atoms with van der Waals surface area (Å²) in [5, 5.41) is 4.92. The molecule has 0 aliphatic carbocycles. The van der Waals surface area contributed by atoms with E-state index >= 15 is 0 Å². The van der Waals surface area contributed by atoms with Gasteiger partial charge in [0.2, 0.25) is 0 Å². The van der Waals surface area contributed by atoms with E-state index in [0.29, 0.717) is 6.54 Å². The van der Waals surface area contributed by atoms with Gasteiger partial charge in [-0.15, -0.1) is 11.3 Å². The van der Waals surface area contributed by atoms with Crippen molar-refractivity contribution in [3.05, 3.63) is 57.8 Å². The Morgan fingerprint density at radius 3 is 2.74 bits per heavy atom. The van der Waals surface area contributed by atoms with Gasteiger partial charge in [-0.05, 0) is 24.5 Å². The molecule has 1 amide bonds. The Bertz CT molecular complexity index is 519. The van der Waals surface area contributed by atoms with Gasteiger partial charge in [0.05, 0.1) is 5.56 Å². The largest absolute Gasteiger partial charge is 0.352 e. The number of aryl methyl sites for hydroxylation is 1. The number of carbonyl (C=O) groups is 1. The van der Waals surface area contributed by atoms with Crippen LogP contribution in [-0.2, 0) is 12.8 Å². The molecule has 0 unspecified atom stereocenters. The second-order valence-corrected chi connectivity index (χ2v) is 5.54. The van der Waals surface area contributed by atoms with Crippen molar-refractivity contribution in [2.75, 3.05) is 6.54 Å². The molecule has 19 heavy (non-hydrogen) atoms. The van der Waals surface area contributed by atoms with E-state index in [2.05, 4.69) is 24.4 Å². The summed E-state index contributed by atoms with van der Waals surface area (Å²) in [4.78, 5) is 13.2. The van der Waals surface area contributed by atoms with Crippen molar-refractivity contribution in [2.45, 2.75) is 26.2 Å². The number of amides is 1. The van der Waals surface area contributed by atoms with Crippen LogP contribution >= 0.6 is 11.3 Å². The van der Waals surface area contributed by atoms with Crippen molar-refractivity contribution in [3.8, 4) is 0 Å². The van der Waals surface area contributed by atoms with Crippen LogP contribution in [0.1, 0.15) is 34.1 Å². The number of rotatable bonds is 6. The van der Waals surface area contributed by atoms with Crippen LogP contribution in [0.5, 0.6) is 0 Å². The molecular weight excluding hydrogens is 254 g/mol. The standard InChI is InChI=1S/C16H19NOS/c1-2-6-15-11-14(12-19-15)16(18)17-10-9-13-7-4-3-5-8-13/h3-5,7-8,11-12H,2,6,9-10H2,1H3,(H,17,18). The highest BCUT2D eigenvalue weighted by Crippen LogP contribution is 2.16. The fourth-order valence-corrected chi connectivity index (χ4v) is 2.91. The zero-order valence-electron chi connectivity index (χ0n) is 11.2. The molecule has 1 aromatic carbocycles. The molecule has 0 atom stereocenters. The average Bonchev–Trinajstić information content (AvgIpc) is 2.89. The van der Waals surface area contributed by atoms with Gasteiger partial charge in [0.1, 0.15) is 0 Å². The summed E-state index contributed by atoms with van der Waals surface area (Å²) in [6.45, 7) is 2.83. The second kappa shape index (κ2) is 7.10. The summed E-state index contributed by atoms with van der Waals surface area (Å²) >= 11 is 1.67. The minimum atomic E-state index is 0.0366. The number of thiophene rings is 1. The van der Waals surface area contributed by atoms with Gasteiger partial charge in [0.15, 0.2) is 0 Å². The minimum absolute atomic E-state index is 0.0366. The van der Waals surface area contributed by atoms with Crippen LogP contribution in [0.2, 0.25) is 0 Å². The van der Waals surface area contributed by atoms with Crippen molar-refractivity contribution in [1.29, 1.82) is 0 Å². The predicted octanol–water partition coefficient (Wildman–Crippen LogP) is 3.67. The Morgan fingerprint density at radius 1 is 1.21 bits per heavy atom. The van der Waals surface area contributed by atoms with Gasteiger partial charge in [-0.2, -0.15) is 0 Å². The van der Waals surface area contributed by atoms with E-state index in [-0.39, 0.29) is 5.91 Å². The summed E-state index contributed by atoms with van der Waals surface area (Å²) in [5.74, 6) is 0.0366. The van der Waals surface area contributed by atoms with Crippen LogP contribution in [-0.4, -0.2) is 12.5 Å². The molecule has 1 aromatic heterocycles. The van der Waals surface area contributed by atoms with E-state index in [1.165, 1.54) is 10.4 Å². The number of hydrogen-bond donors (Lipinski definition) is 1.